The van der Waals surface area contributed by atoms with E-state index in [1.54, 1.807) is 4.90 Å². The molecule has 3 heterocycles. The van der Waals surface area contributed by atoms with E-state index in [0.717, 1.165) is 27.9 Å². The summed E-state index contributed by atoms with van der Waals surface area (Å²) < 4.78 is 37.3. The second-order valence-corrected chi connectivity index (χ2v) is 12.0. The number of imidazole rings is 1. The van der Waals surface area contributed by atoms with E-state index in [-0.39, 0.29) is 35.1 Å². The van der Waals surface area contributed by atoms with E-state index in [1.807, 2.05) is 45.2 Å². The fraction of sp³-hybridized carbons (Fsp3) is 0.565. The van der Waals surface area contributed by atoms with Crippen LogP contribution >= 0.6 is 11.8 Å². The van der Waals surface area contributed by atoms with Crippen LogP contribution in [0.1, 0.15) is 27.2 Å². The van der Waals surface area contributed by atoms with Crippen molar-refractivity contribution in [2.24, 2.45) is 5.92 Å². The Morgan fingerprint density at radius 2 is 2.03 bits per heavy atom. The van der Waals surface area contributed by atoms with Gasteiger partial charge in [-0.05, 0) is 37.5 Å². The van der Waals surface area contributed by atoms with E-state index in [4.69, 9.17) is 9.47 Å². The lowest BCUT2D eigenvalue weighted by Crippen LogP contribution is -2.44. The smallest absolute Gasteiger partial charge is 0.233 e. The number of carbonyl (C=O) groups excluding carboxylic acids is 1. The first kappa shape index (κ1) is 23.9. The third kappa shape index (κ3) is 5.48. The molecular weight excluding hydrogens is 462 g/mol. The molecule has 33 heavy (non-hydrogen) atoms. The van der Waals surface area contributed by atoms with E-state index in [9.17, 15) is 13.2 Å². The lowest BCUT2D eigenvalue weighted by atomic mass is 10.1. The predicted molar refractivity (Wildman–Crippen MR) is 129 cm³/mol. The Kier molecular flexibility index (Phi) is 7.23. The van der Waals surface area contributed by atoms with Gasteiger partial charge in [0.2, 0.25) is 5.91 Å². The van der Waals surface area contributed by atoms with E-state index >= 15 is 0 Å². The van der Waals surface area contributed by atoms with E-state index in [0.29, 0.717) is 32.7 Å². The monoisotopic (exact) mass is 493 g/mol. The fourth-order valence-corrected chi connectivity index (χ4v) is 6.95. The number of thioether (sulfide) groups is 1. The summed E-state index contributed by atoms with van der Waals surface area (Å²) >= 11 is 1.39. The van der Waals surface area contributed by atoms with Gasteiger partial charge in [0.05, 0.1) is 29.1 Å². The number of sulfone groups is 1. The number of fused-ring (bicyclic) bond motifs is 1. The first-order chi connectivity index (χ1) is 15.8. The van der Waals surface area contributed by atoms with Crippen molar-refractivity contribution in [1.29, 1.82) is 0 Å². The molecule has 10 heteroatoms. The van der Waals surface area contributed by atoms with E-state index in [2.05, 4.69) is 9.55 Å². The molecule has 2 aromatic rings. The van der Waals surface area contributed by atoms with Crippen molar-refractivity contribution in [2.45, 2.75) is 44.9 Å². The highest BCUT2D eigenvalue weighted by molar-refractivity contribution is 7.99. The minimum atomic E-state index is -3.06. The van der Waals surface area contributed by atoms with Gasteiger partial charge in [-0.3, -0.25) is 4.79 Å². The highest BCUT2D eigenvalue weighted by Crippen LogP contribution is 2.35. The van der Waals surface area contributed by atoms with Crippen LogP contribution < -0.4 is 9.47 Å². The number of benzene rings is 1. The molecule has 0 N–H and O–H groups in total. The zero-order chi connectivity index (χ0) is 23.6. The number of rotatable bonds is 8. The summed E-state index contributed by atoms with van der Waals surface area (Å²) in [5, 5.41) is 0.763. The normalized spacial score (nSPS) is 19.1. The average molecular weight is 494 g/mol. The zero-order valence-corrected chi connectivity index (χ0v) is 21.0. The van der Waals surface area contributed by atoms with Crippen LogP contribution in [0, 0.1) is 5.92 Å². The van der Waals surface area contributed by atoms with Crippen molar-refractivity contribution in [3.8, 4) is 22.8 Å². The number of amides is 1. The molecule has 2 aliphatic rings. The van der Waals surface area contributed by atoms with Crippen LogP contribution in [0.15, 0.2) is 29.6 Å². The summed E-state index contributed by atoms with van der Waals surface area (Å²) in [4.78, 5) is 19.5. The topological polar surface area (TPSA) is 90.7 Å². The molecule has 180 valence electrons. The SMILES string of the molecule is CCn1c(-c2ccc3c(c2)OCCO3)cnc1SCC(=O)N(CC(C)C)[C@@H]1CCS(=O)(=O)C1. The van der Waals surface area contributed by atoms with Crippen molar-refractivity contribution >= 4 is 27.5 Å². The maximum atomic E-state index is 13.1. The second kappa shape index (κ2) is 9.97. The molecule has 0 aliphatic carbocycles. The molecule has 4 rings (SSSR count). The number of hydrogen-bond donors (Lipinski definition) is 0. The van der Waals surface area contributed by atoms with Crippen LogP contribution in [0.3, 0.4) is 0 Å². The van der Waals surface area contributed by atoms with Gasteiger partial charge < -0.3 is 18.9 Å². The van der Waals surface area contributed by atoms with Crippen LogP contribution in [0.4, 0.5) is 0 Å². The van der Waals surface area contributed by atoms with Crippen LogP contribution in [-0.4, -0.2) is 71.8 Å². The van der Waals surface area contributed by atoms with Crippen molar-refractivity contribution in [3.63, 3.8) is 0 Å². The molecule has 0 radical (unpaired) electrons. The maximum Gasteiger partial charge on any atom is 0.233 e. The Labute approximate surface area is 199 Å². The number of aromatic nitrogens is 2. The highest BCUT2D eigenvalue weighted by Gasteiger charge is 2.35. The average Bonchev–Trinajstić information content (AvgIpc) is 3.37. The van der Waals surface area contributed by atoms with Crippen LogP contribution in [0.25, 0.3) is 11.3 Å². The van der Waals surface area contributed by atoms with Gasteiger partial charge in [-0.1, -0.05) is 25.6 Å². The first-order valence-electron chi connectivity index (χ1n) is 11.4. The Morgan fingerprint density at radius 1 is 1.27 bits per heavy atom. The summed E-state index contributed by atoms with van der Waals surface area (Å²) in [7, 11) is -3.06. The Balaban J connectivity index is 1.49. The predicted octanol–water partition coefficient (Wildman–Crippen LogP) is 3.11. The van der Waals surface area contributed by atoms with Gasteiger partial charge >= 0.3 is 0 Å². The largest absolute Gasteiger partial charge is 0.486 e. The van der Waals surface area contributed by atoms with E-state index < -0.39 is 9.84 Å². The third-order valence-electron chi connectivity index (χ3n) is 5.83. The number of carbonyl (C=O) groups is 1. The molecule has 0 bridgehead atoms. The molecule has 1 fully saturated rings. The van der Waals surface area contributed by atoms with E-state index in [1.165, 1.54) is 11.8 Å². The molecule has 1 aromatic carbocycles. The Hall–Kier alpha value is -2.20. The summed E-state index contributed by atoms with van der Waals surface area (Å²) in [6.07, 6.45) is 2.33. The summed E-state index contributed by atoms with van der Waals surface area (Å²) in [5.41, 5.74) is 1.93. The second-order valence-electron chi connectivity index (χ2n) is 8.81. The Bertz CT molecular complexity index is 1110. The maximum absolute atomic E-state index is 13.1. The Morgan fingerprint density at radius 3 is 2.70 bits per heavy atom. The molecule has 0 saturated carbocycles. The van der Waals surface area contributed by atoms with Gasteiger partial charge in [0.25, 0.3) is 0 Å². The number of nitrogens with zero attached hydrogens (tertiary/aromatic N) is 3. The van der Waals surface area contributed by atoms with Crippen LogP contribution in [0.2, 0.25) is 0 Å². The summed E-state index contributed by atoms with van der Waals surface area (Å²) in [6, 6.07) is 5.63. The molecule has 1 amide bonds. The number of ether oxygens (including phenoxy) is 2. The van der Waals surface area contributed by atoms with Crippen molar-refractivity contribution < 1.29 is 22.7 Å². The lowest BCUT2D eigenvalue weighted by Gasteiger charge is -2.30. The van der Waals surface area contributed by atoms with Crippen molar-refractivity contribution in [3.05, 3.63) is 24.4 Å². The molecular formula is C23H31N3O5S2. The quantitative estimate of drug-likeness (QED) is 0.522. The zero-order valence-electron chi connectivity index (χ0n) is 19.3. The van der Waals surface area contributed by atoms with Gasteiger partial charge in [-0.2, -0.15) is 0 Å². The molecule has 1 saturated heterocycles. The third-order valence-corrected chi connectivity index (χ3v) is 8.55. The molecule has 0 spiro atoms. The van der Waals surface area contributed by atoms with Crippen molar-refractivity contribution in [2.75, 3.05) is 37.0 Å². The van der Waals surface area contributed by atoms with Crippen molar-refractivity contribution in [1.82, 2.24) is 14.5 Å². The van der Waals surface area contributed by atoms with Gasteiger partial charge in [0, 0.05) is 24.7 Å². The fourth-order valence-electron chi connectivity index (χ4n) is 4.29. The standard InChI is InChI=1S/C23H31N3O5S2/c1-4-25-19(17-5-6-20-21(11-17)31-9-8-30-20)12-24-23(25)32-14-22(27)26(13-16(2)3)18-7-10-33(28,29)15-18/h5-6,11-12,16,18H,4,7-10,13-15H2,1-3H3/t18-/m1/s1. The minimum absolute atomic E-state index is 0.0395. The highest BCUT2D eigenvalue weighted by atomic mass is 32.2. The molecule has 1 atom stereocenters. The minimum Gasteiger partial charge on any atom is -0.486 e. The first-order valence-corrected chi connectivity index (χ1v) is 14.2. The molecule has 1 aromatic heterocycles. The van der Waals surface area contributed by atoms with Crippen LogP contribution in [-0.2, 0) is 21.2 Å². The molecule has 8 nitrogen and oxygen atoms in total. The molecule has 0 unspecified atom stereocenters. The van der Waals surface area contributed by atoms with Gasteiger partial charge in [0.1, 0.15) is 13.2 Å². The molecule has 2 aliphatic heterocycles. The summed E-state index contributed by atoms with van der Waals surface area (Å²) in [5.74, 6) is 2.14. The van der Waals surface area contributed by atoms with Gasteiger partial charge in [-0.25, -0.2) is 13.4 Å². The van der Waals surface area contributed by atoms with Crippen LogP contribution in [0.5, 0.6) is 11.5 Å². The van der Waals surface area contributed by atoms with Gasteiger partial charge in [0.15, 0.2) is 26.5 Å². The number of hydrogen-bond acceptors (Lipinski definition) is 7. The summed E-state index contributed by atoms with van der Waals surface area (Å²) in [6.45, 7) is 8.47. The van der Waals surface area contributed by atoms with Gasteiger partial charge in [-0.15, -0.1) is 0 Å². The lowest BCUT2D eigenvalue weighted by molar-refractivity contribution is -0.130.